The Morgan fingerprint density at radius 2 is 1.75 bits per heavy atom. The number of hydrogen-bond donors (Lipinski definition) is 0. The SMILES string of the molecule is [C-]#[N+][C@@H](Cc1ccccc1)Cn1cc(COc2ccccc2)nn1. The molecule has 1 heterocycles. The zero-order chi connectivity index (χ0) is 16.6. The van der Waals surface area contributed by atoms with Crippen LogP contribution in [0.4, 0.5) is 0 Å². The Kier molecular flexibility index (Phi) is 5.21. The normalized spacial score (nSPS) is 11.6. The highest BCUT2D eigenvalue weighted by molar-refractivity contribution is 5.21. The van der Waals surface area contributed by atoms with Gasteiger partial charge in [0.25, 0.3) is 0 Å². The Bertz CT molecular complexity index is 793. The smallest absolute Gasteiger partial charge is 0.247 e. The van der Waals surface area contributed by atoms with Crippen molar-refractivity contribution >= 4 is 0 Å². The van der Waals surface area contributed by atoms with Crippen molar-refractivity contribution in [3.8, 4) is 5.75 Å². The molecule has 0 aliphatic heterocycles. The minimum atomic E-state index is -0.156. The standard InChI is InChI=1S/C19H18N4O/c1-20-17(12-16-8-4-2-5-9-16)13-23-14-18(21-22-23)15-24-19-10-6-3-7-11-19/h2-11,14,17H,12-13,15H2/t17-/m0/s1. The van der Waals surface area contributed by atoms with Crippen molar-refractivity contribution < 1.29 is 4.74 Å². The van der Waals surface area contributed by atoms with E-state index in [0.717, 1.165) is 17.0 Å². The van der Waals surface area contributed by atoms with Crippen molar-refractivity contribution in [2.45, 2.75) is 25.6 Å². The molecule has 5 nitrogen and oxygen atoms in total. The van der Waals surface area contributed by atoms with Crippen LogP contribution in [-0.4, -0.2) is 21.0 Å². The number of para-hydroxylation sites is 1. The summed E-state index contributed by atoms with van der Waals surface area (Å²) in [4.78, 5) is 3.71. The lowest BCUT2D eigenvalue weighted by molar-refractivity contribution is 0.301. The van der Waals surface area contributed by atoms with E-state index in [1.165, 1.54) is 0 Å². The molecule has 0 bridgehead atoms. The van der Waals surface area contributed by atoms with Crippen LogP contribution in [0.25, 0.3) is 4.85 Å². The van der Waals surface area contributed by atoms with Gasteiger partial charge >= 0.3 is 0 Å². The van der Waals surface area contributed by atoms with Gasteiger partial charge in [-0.3, -0.25) is 0 Å². The van der Waals surface area contributed by atoms with Gasteiger partial charge in [-0.25, -0.2) is 11.3 Å². The Labute approximate surface area is 141 Å². The van der Waals surface area contributed by atoms with E-state index in [0.29, 0.717) is 19.6 Å². The van der Waals surface area contributed by atoms with E-state index in [1.807, 2.05) is 66.9 Å². The summed E-state index contributed by atoms with van der Waals surface area (Å²) in [6.07, 6.45) is 2.55. The number of nitrogens with zero attached hydrogens (tertiary/aromatic N) is 4. The lowest BCUT2D eigenvalue weighted by Crippen LogP contribution is -2.16. The topological polar surface area (TPSA) is 44.3 Å². The van der Waals surface area contributed by atoms with Gasteiger partial charge in [-0.1, -0.05) is 53.7 Å². The quantitative estimate of drug-likeness (QED) is 0.627. The van der Waals surface area contributed by atoms with E-state index in [-0.39, 0.29) is 6.04 Å². The van der Waals surface area contributed by atoms with E-state index < -0.39 is 0 Å². The van der Waals surface area contributed by atoms with Gasteiger partial charge in [0.2, 0.25) is 6.04 Å². The highest BCUT2D eigenvalue weighted by Crippen LogP contribution is 2.11. The second-order valence-corrected chi connectivity index (χ2v) is 5.51. The molecule has 24 heavy (non-hydrogen) atoms. The van der Waals surface area contributed by atoms with Gasteiger partial charge in [-0.05, 0) is 17.7 Å². The zero-order valence-electron chi connectivity index (χ0n) is 13.2. The van der Waals surface area contributed by atoms with Crippen molar-refractivity contribution in [3.05, 3.63) is 89.5 Å². The predicted molar refractivity (Wildman–Crippen MR) is 91.3 cm³/mol. The summed E-state index contributed by atoms with van der Waals surface area (Å²) in [5.74, 6) is 0.801. The summed E-state index contributed by atoms with van der Waals surface area (Å²) in [5, 5.41) is 8.21. The lowest BCUT2D eigenvalue weighted by atomic mass is 10.1. The van der Waals surface area contributed by atoms with E-state index in [4.69, 9.17) is 11.3 Å². The Hall–Kier alpha value is -3.13. The summed E-state index contributed by atoms with van der Waals surface area (Å²) in [7, 11) is 0. The van der Waals surface area contributed by atoms with Crippen molar-refractivity contribution in [1.82, 2.24) is 15.0 Å². The second kappa shape index (κ2) is 7.93. The fraction of sp³-hybridized carbons (Fsp3) is 0.211. The molecule has 120 valence electrons. The number of benzene rings is 2. The third-order valence-corrected chi connectivity index (χ3v) is 3.61. The summed E-state index contributed by atoms with van der Waals surface area (Å²) in [6.45, 7) is 8.29. The van der Waals surface area contributed by atoms with Crippen LogP contribution >= 0.6 is 0 Å². The minimum Gasteiger partial charge on any atom is -0.487 e. The van der Waals surface area contributed by atoms with Gasteiger partial charge in [0.05, 0.1) is 6.20 Å². The van der Waals surface area contributed by atoms with Gasteiger partial charge in [0, 0.05) is 6.42 Å². The second-order valence-electron chi connectivity index (χ2n) is 5.51. The van der Waals surface area contributed by atoms with Crippen molar-refractivity contribution in [2.24, 2.45) is 0 Å². The first-order chi connectivity index (χ1) is 11.8. The third-order valence-electron chi connectivity index (χ3n) is 3.61. The van der Waals surface area contributed by atoms with Crippen molar-refractivity contribution in [2.75, 3.05) is 0 Å². The average Bonchev–Trinajstić information content (AvgIpc) is 3.08. The summed E-state index contributed by atoms with van der Waals surface area (Å²) in [5.41, 5.74) is 1.91. The van der Waals surface area contributed by atoms with Gasteiger partial charge in [-0.2, -0.15) is 0 Å². The molecule has 0 fully saturated rings. The molecular formula is C19H18N4O. The lowest BCUT2D eigenvalue weighted by Gasteiger charge is -2.05. The van der Waals surface area contributed by atoms with E-state index >= 15 is 0 Å². The van der Waals surface area contributed by atoms with Crippen LogP contribution in [-0.2, 0) is 19.6 Å². The molecule has 0 aliphatic carbocycles. The van der Waals surface area contributed by atoms with E-state index in [9.17, 15) is 0 Å². The molecule has 0 unspecified atom stereocenters. The van der Waals surface area contributed by atoms with E-state index in [1.54, 1.807) is 4.68 Å². The number of rotatable bonds is 7. The van der Waals surface area contributed by atoms with Crippen LogP contribution in [0.5, 0.6) is 5.75 Å². The molecule has 1 aromatic heterocycles. The van der Waals surface area contributed by atoms with Gasteiger partial charge < -0.3 is 9.58 Å². The maximum absolute atomic E-state index is 7.40. The number of ether oxygens (including phenoxy) is 1. The summed E-state index contributed by atoms with van der Waals surface area (Å²) in [6, 6.07) is 19.5. The van der Waals surface area contributed by atoms with Crippen LogP contribution in [0.15, 0.2) is 66.9 Å². The molecule has 0 saturated heterocycles. The van der Waals surface area contributed by atoms with Crippen molar-refractivity contribution in [3.63, 3.8) is 0 Å². The number of hydrogen-bond acceptors (Lipinski definition) is 3. The summed E-state index contributed by atoms with van der Waals surface area (Å²) < 4.78 is 7.37. The highest BCUT2D eigenvalue weighted by Gasteiger charge is 2.15. The largest absolute Gasteiger partial charge is 0.487 e. The fourth-order valence-corrected chi connectivity index (χ4v) is 2.42. The highest BCUT2D eigenvalue weighted by atomic mass is 16.5. The first-order valence-corrected chi connectivity index (χ1v) is 7.81. The van der Waals surface area contributed by atoms with Crippen LogP contribution in [0.1, 0.15) is 11.3 Å². The Balaban J connectivity index is 1.55. The zero-order valence-corrected chi connectivity index (χ0v) is 13.2. The molecule has 0 amide bonds. The molecule has 0 saturated carbocycles. The molecule has 1 atom stereocenters. The van der Waals surface area contributed by atoms with E-state index in [2.05, 4.69) is 15.2 Å². The minimum absolute atomic E-state index is 0.156. The maximum atomic E-state index is 7.40. The molecule has 0 aliphatic rings. The first-order valence-electron chi connectivity index (χ1n) is 7.81. The van der Waals surface area contributed by atoms with Gasteiger partial charge in [0.1, 0.15) is 24.6 Å². The molecule has 3 rings (SSSR count). The Morgan fingerprint density at radius 1 is 1.04 bits per heavy atom. The first kappa shape index (κ1) is 15.8. The molecule has 5 heteroatoms. The fourth-order valence-electron chi connectivity index (χ4n) is 2.42. The molecular weight excluding hydrogens is 300 g/mol. The van der Waals surface area contributed by atoms with Crippen LogP contribution < -0.4 is 4.74 Å². The van der Waals surface area contributed by atoms with Gasteiger partial charge in [0.15, 0.2) is 0 Å². The molecule has 0 spiro atoms. The Morgan fingerprint density at radius 3 is 2.46 bits per heavy atom. The molecule has 0 N–H and O–H groups in total. The predicted octanol–water partition coefficient (Wildman–Crippen LogP) is 3.39. The third kappa shape index (κ3) is 4.43. The monoisotopic (exact) mass is 318 g/mol. The van der Waals surface area contributed by atoms with Crippen LogP contribution in [0, 0.1) is 6.57 Å². The maximum Gasteiger partial charge on any atom is 0.247 e. The summed E-state index contributed by atoms with van der Waals surface area (Å²) >= 11 is 0. The van der Waals surface area contributed by atoms with Crippen LogP contribution in [0.3, 0.4) is 0 Å². The average molecular weight is 318 g/mol. The molecule has 2 aromatic carbocycles. The van der Waals surface area contributed by atoms with Gasteiger partial charge in [-0.15, -0.1) is 5.10 Å². The van der Waals surface area contributed by atoms with Crippen molar-refractivity contribution in [1.29, 1.82) is 0 Å². The number of aromatic nitrogens is 3. The molecule has 0 radical (unpaired) electrons. The van der Waals surface area contributed by atoms with Crippen LogP contribution in [0.2, 0.25) is 0 Å². The molecule has 3 aromatic rings.